The molecule has 0 amide bonds. The first-order valence-corrected chi connectivity index (χ1v) is 10.3. The van der Waals surface area contributed by atoms with Gasteiger partial charge in [0, 0.05) is 36.2 Å². The number of hydrogen-bond acceptors (Lipinski definition) is 5. The summed E-state index contributed by atoms with van der Waals surface area (Å²) in [5.41, 5.74) is 3.92. The molecule has 1 aliphatic rings. The average Bonchev–Trinajstić information content (AvgIpc) is 2.79. The minimum absolute atomic E-state index is 0.0827. The van der Waals surface area contributed by atoms with E-state index in [0.717, 1.165) is 35.9 Å². The van der Waals surface area contributed by atoms with Crippen molar-refractivity contribution in [1.29, 1.82) is 0 Å². The monoisotopic (exact) mass is 414 g/mol. The first-order valence-electron chi connectivity index (χ1n) is 10.3. The number of anilines is 2. The number of ether oxygens (including phenoxy) is 1. The Morgan fingerprint density at radius 3 is 2.58 bits per heavy atom. The van der Waals surface area contributed by atoms with Gasteiger partial charge in [0.1, 0.15) is 5.82 Å². The topological polar surface area (TPSA) is 59.4 Å². The van der Waals surface area contributed by atoms with Gasteiger partial charge in [-0.1, -0.05) is 37.4 Å². The summed E-state index contributed by atoms with van der Waals surface area (Å²) in [6, 6.07) is 13.5. The van der Waals surface area contributed by atoms with Crippen LogP contribution in [0.3, 0.4) is 0 Å². The van der Waals surface area contributed by atoms with E-state index < -0.39 is 0 Å². The van der Waals surface area contributed by atoms with Crippen LogP contribution in [0.2, 0.25) is 0 Å². The zero-order valence-corrected chi connectivity index (χ0v) is 17.7. The van der Waals surface area contributed by atoms with Crippen LogP contribution in [-0.2, 0) is 4.74 Å². The van der Waals surface area contributed by atoms with Gasteiger partial charge in [0.15, 0.2) is 11.1 Å². The summed E-state index contributed by atoms with van der Waals surface area (Å²) in [5, 5.41) is 3.92. The van der Waals surface area contributed by atoms with Crippen molar-refractivity contribution in [3.8, 4) is 5.69 Å². The van der Waals surface area contributed by atoms with E-state index in [4.69, 9.17) is 9.72 Å². The number of allylic oxidation sites excluding steroid dienone is 3. The third-order valence-electron chi connectivity index (χ3n) is 5.23. The molecular formula is C25H26N4O2. The van der Waals surface area contributed by atoms with Crippen LogP contribution in [0, 0.1) is 6.92 Å². The van der Waals surface area contributed by atoms with Crippen LogP contribution in [-0.4, -0.2) is 35.9 Å². The molecule has 1 saturated heterocycles. The number of benzene rings is 1. The molecule has 4 rings (SSSR count). The van der Waals surface area contributed by atoms with Gasteiger partial charge in [0.2, 0.25) is 0 Å². The molecule has 3 heterocycles. The molecule has 1 aromatic carbocycles. The average molecular weight is 415 g/mol. The molecule has 0 spiro atoms. The number of para-hydroxylation sites is 1. The Morgan fingerprint density at radius 2 is 1.90 bits per heavy atom. The molecule has 0 unspecified atom stereocenters. The van der Waals surface area contributed by atoms with Crippen molar-refractivity contribution in [2.24, 2.45) is 0 Å². The Labute approximate surface area is 181 Å². The predicted molar refractivity (Wildman–Crippen MR) is 127 cm³/mol. The Balaban J connectivity index is 2.03. The van der Waals surface area contributed by atoms with E-state index in [1.165, 1.54) is 0 Å². The van der Waals surface area contributed by atoms with Crippen molar-refractivity contribution in [2.75, 3.05) is 36.5 Å². The highest BCUT2D eigenvalue weighted by Gasteiger charge is 2.21. The van der Waals surface area contributed by atoms with Crippen LogP contribution in [0.15, 0.2) is 84.3 Å². The first-order chi connectivity index (χ1) is 15.1. The molecule has 0 atom stereocenters. The molecule has 0 saturated carbocycles. The van der Waals surface area contributed by atoms with E-state index in [9.17, 15) is 4.79 Å². The van der Waals surface area contributed by atoms with Crippen LogP contribution in [0.4, 0.5) is 11.5 Å². The summed E-state index contributed by atoms with van der Waals surface area (Å²) in [4.78, 5) is 20.4. The number of morpholine rings is 1. The van der Waals surface area contributed by atoms with Crippen LogP contribution < -0.4 is 15.6 Å². The lowest BCUT2D eigenvalue weighted by atomic mass is 10.1. The number of aryl methyl sites for hydroxylation is 1. The first kappa shape index (κ1) is 20.6. The van der Waals surface area contributed by atoms with Crippen LogP contribution in [0.5, 0.6) is 0 Å². The van der Waals surface area contributed by atoms with Gasteiger partial charge < -0.3 is 15.0 Å². The number of aromatic nitrogens is 2. The Bertz CT molecular complexity index is 1210. The Hall–Kier alpha value is -3.64. The summed E-state index contributed by atoms with van der Waals surface area (Å²) >= 11 is 0. The van der Waals surface area contributed by atoms with E-state index in [1.807, 2.05) is 47.9 Å². The molecule has 6 heteroatoms. The van der Waals surface area contributed by atoms with Gasteiger partial charge in [-0.2, -0.15) is 0 Å². The molecule has 0 bridgehead atoms. The van der Waals surface area contributed by atoms with Crippen molar-refractivity contribution in [3.05, 3.63) is 95.5 Å². The SMILES string of the molecule is C=C/C=C(\C=C)Nc1cc(=O)c2c(N3CCOCC3)cc(C)nc2n1-c1ccccc1. The maximum Gasteiger partial charge on any atom is 0.195 e. The second kappa shape index (κ2) is 9.02. The molecule has 31 heavy (non-hydrogen) atoms. The fraction of sp³-hybridized carbons (Fsp3) is 0.200. The van der Waals surface area contributed by atoms with Gasteiger partial charge in [0.25, 0.3) is 0 Å². The second-order valence-corrected chi connectivity index (χ2v) is 7.33. The smallest absolute Gasteiger partial charge is 0.195 e. The van der Waals surface area contributed by atoms with Crippen molar-refractivity contribution in [3.63, 3.8) is 0 Å². The fourth-order valence-corrected chi connectivity index (χ4v) is 3.83. The van der Waals surface area contributed by atoms with E-state index in [1.54, 1.807) is 24.3 Å². The molecule has 158 valence electrons. The van der Waals surface area contributed by atoms with E-state index >= 15 is 0 Å². The summed E-state index contributed by atoms with van der Waals surface area (Å²) in [6.07, 6.45) is 5.17. The van der Waals surface area contributed by atoms with E-state index in [0.29, 0.717) is 30.1 Å². The number of fused-ring (bicyclic) bond motifs is 1. The predicted octanol–water partition coefficient (Wildman–Crippen LogP) is 4.20. The zero-order chi connectivity index (χ0) is 21.8. The molecule has 3 aromatic rings. The quantitative estimate of drug-likeness (QED) is 0.613. The summed E-state index contributed by atoms with van der Waals surface area (Å²) in [6.45, 7) is 12.3. The molecule has 6 nitrogen and oxygen atoms in total. The molecule has 2 aromatic heterocycles. The number of hydrogen-bond donors (Lipinski definition) is 1. The van der Waals surface area contributed by atoms with Gasteiger partial charge in [-0.05, 0) is 37.3 Å². The normalized spacial score (nSPS) is 14.5. The maximum absolute atomic E-state index is 13.4. The zero-order valence-electron chi connectivity index (χ0n) is 17.7. The van der Waals surface area contributed by atoms with Crippen LogP contribution in [0.1, 0.15) is 5.69 Å². The van der Waals surface area contributed by atoms with Crippen molar-refractivity contribution >= 4 is 22.5 Å². The molecule has 1 N–H and O–H groups in total. The summed E-state index contributed by atoms with van der Waals surface area (Å²) in [5.74, 6) is 0.614. The number of rotatable bonds is 6. The van der Waals surface area contributed by atoms with Crippen molar-refractivity contribution < 1.29 is 4.74 Å². The van der Waals surface area contributed by atoms with E-state index in [2.05, 4.69) is 23.4 Å². The number of nitrogens with one attached hydrogen (secondary N) is 1. The number of nitrogens with zero attached hydrogens (tertiary/aromatic N) is 3. The van der Waals surface area contributed by atoms with Gasteiger partial charge in [0.05, 0.1) is 24.3 Å². The van der Waals surface area contributed by atoms with Crippen molar-refractivity contribution in [1.82, 2.24) is 9.55 Å². The molecule has 1 aliphatic heterocycles. The molecule has 0 aliphatic carbocycles. The lowest BCUT2D eigenvalue weighted by Gasteiger charge is -2.30. The highest BCUT2D eigenvalue weighted by molar-refractivity contribution is 5.92. The second-order valence-electron chi connectivity index (χ2n) is 7.33. The van der Waals surface area contributed by atoms with Gasteiger partial charge in [-0.15, -0.1) is 0 Å². The fourth-order valence-electron chi connectivity index (χ4n) is 3.83. The minimum atomic E-state index is -0.0827. The standard InChI is InChI=1S/C25H26N4O2/c1-4-9-19(5-2)27-23-17-22(30)24-21(28-12-14-31-15-13-28)16-18(3)26-25(24)29(23)20-10-7-6-8-11-20/h4-11,16-17,27H,1-2,12-15H2,3H3/b19-9+. The van der Waals surface area contributed by atoms with Crippen molar-refractivity contribution in [2.45, 2.75) is 6.92 Å². The third-order valence-corrected chi connectivity index (χ3v) is 5.23. The molecule has 0 radical (unpaired) electrons. The summed E-state index contributed by atoms with van der Waals surface area (Å²) < 4.78 is 7.49. The van der Waals surface area contributed by atoms with Gasteiger partial charge in [-0.3, -0.25) is 9.36 Å². The van der Waals surface area contributed by atoms with Gasteiger partial charge in [-0.25, -0.2) is 4.98 Å². The summed E-state index contributed by atoms with van der Waals surface area (Å²) in [7, 11) is 0. The molecular weight excluding hydrogens is 388 g/mol. The Morgan fingerprint density at radius 1 is 1.16 bits per heavy atom. The highest BCUT2D eigenvalue weighted by Crippen LogP contribution is 2.29. The number of pyridine rings is 2. The molecule has 1 fully saturated rings. The van der Waals surface area contributed by atoms with Gasteiger partial charge >= 0.3 is 0 Å². The lowest BCUT2D eigenvalue weighted by molar-refractivity contribution is 0.123. The third kappa shape index (κ3) is 4.15. The highest BCUT2D eigenvalue weighted by atomic mass is 16.5. The maximum atomic E-state index is 13.4. The largest absolute Gasteiger partial charge is 0.378 e. The van der Waals surface area contributed by atoms with Crippen LogP contribution >= 0.6 is 0 Å². The van der Waals surface area contributed by atoms with Crippen LogP contribution in [0.25, 0.3) is 16.7 Å². The lowest BCUT2D eigenvalue weighted by Crippen LogP contribution is -2.37. The van der Waals surface area contributed by atoms with E-state index in [-0.39, 0.29) is 5.43 Å². The minimum Gasteiger partial charge on any atom is -0.378 e. The Kier molecular flexibility index (Phi) is 6.00.